The maximum absolute atomic E-state index is 8.49. The van der Waals surface area contributed by atoms with E-state index < -0.39 is 10.2 Å². The van der Waals surface area contributed by atoms with Crippen molar-refractivity contribution in [3.8, 4) is 0 Å². The summed E-state index contributed by atoms with van der Waals surface area (Å²) in [6.07, 6.45) is 17.5. The van der Waals surface area contributed by atoms with Gasteiger partial charge in [-0.15, -0.1) is 10.2 Å². The average molecular weight is 546 g/mol. The monoisotopic (exact) mass is 545 g/mol. The van der Waals surface area contributed by atoms with E-state index in [1.165, 1.54) is 39.1 Å². The number of allylic oxidation sites excluding steroid dienone is 10. The largest absolute Gasteiger partial charge is 0.456 e. The normalized spacial score (nSPS) is 16.7. The first-order valence-electron chi connectivity index (χ1n) is 12.9. The van der Waals surface area contributed by atoms with Crippen LogP contribution < -0.4 is 18.6 Å². The van der Waals surface area contributed by atoms with Crippen LogP contribution in [-0.4, -0.2) is 24.4 Å². The van der Waals surface area contributed by atoms with Crippen molar-refractivity contribution in [2.45, 2.75) is 32.6 Å². The van der Waals surface area contributed by atoms with Crippen LogP contribution in [0.25, 0.3) is 11.3 Å². The molecule has 1 heterocycles. The Morgan fingerprint density at radius 1 is 0.846 bits per heavy atom. The minimum Gasteiger partial charge on any atom is -0.456 e. The molecule has 2 aromatic carbocycles. The molecular weight excluding hydrogens is 514 g/mol. The smallest absolute Gasteiger partial charge is 0.199 e. The maximum atomic E-state index is 8.49. The van der Waals surface area contributed by atoms with Gasteiger partial charge in [0.05, 0.1) is 0 Å². The predicted molar refractivity (Wildman–Crippen MR) is 143 cm³/mol. The van der Waals surface area contributed by atoms with Crippen LogP contribution in [0.15, 0.2) is 114 Å². The number of nitrogens with zero attached hydrogens (tertiary/aromatic N) is 1. The summed E-state index contributed by atoms with van der Waals surface area (Å²) in [5, 5.41) is 0. The van der Waals surface area contributed by atoms with Crippen molar-refractivity contribution in [2.24, 2.45) is 0 Å². The van der Waals surface area contributed by atoms with Crippen LogP contribution in [0.1, 0.15) is 42.9 Å². The number of hydrogen-bond acceptors (Lipinski definition) is 5. The van der Waals surface area contributed by atoms with Gasteiger partial charge in [0, 0.05) is 23.3 Å². The second-order valence-electron chi connectivity index (χ2n) is 9.64. The third-order valence-electron chi connectivity index (χ3n) is 6.73. The van der Waals surface area contributed by atoms with E-state index in [4.69, 9.17) is 23.4 Å². The quantitative estimate of drug-likeness (QED) is 0.549. The van der Waals surface area contributed by atoms with Gasteiger partial charge >= 0.3 is 0 Å². The molecule has 39 heavy (non-hydrogen) atoms. The lowest BCUT2D eigenvalue weighted by atomic mass is 9.84. The summed E-state index contributed by atoms with van der Waals surface area (Å²) in [5.74, 6) is 1.97. The number of fused-ring (bicyclic) bond motifs is 1. The Morgan fingerprint density at radius 3 is 2.08 bits per heavy atom. The van der Waals surface area contributed by atoms with E-state index in [9.17, 15) is 0 Å². The molecule has 7 heteroatoms. The van der Waals surface area contributed by atoms with Crippen molar-refractivity contribution in [3.63, 3.8) is 0 Å². The highest BCUT2D eigenvalue weighted by Gasteiger charge is 2.27. The number of hydrogen-bond donors (Lipinski definition) is 0. The number of ether oxygens (including phenoxy) is 1. The highest BCUT2D eigenvalue weighted by Crippen LogP contribution is 2.44. The molecule has 3 aliphatic rings. The minimum atomic E-state index is -4.94. The summed E-state index contributed by atoms with van der Waals surface area (Å²) >= 11 is 0. The van der Waals surface area contributed by atoms with E-state index in [2.05, 4.69) is 117 Å². The van der Waals surface area contributed by atoms with Crippen LogP contribution in [0.2, 0.25) is 0 Å². The highest BCUT2D eigenvalue weighted by molar-refractivity contribution is 6.02. The summed E-state index contributed by atoms with van der Waals surface area (Å²) in [6, 6.07) is 19.5. The van der Waals surface area contributed by atoms with Crippen molar-refractivity contribution in [1.82, 2.24) is 0 Å². The van der Waals surface area contributed by atoms with Crippen molar-refractivity contribution in [3.05, 3.63) is 130 Å². The SMILES string of the molecule is CCc1ccc(C2=CC(c3ccccc3)=C3CCCC(C=C4C=CC(=[N+](C)C)C=C4)=C3O2)cc1.[O-][Cl+3]([O-])([O-])[O-]. The third-order valence-corrected chi connectivity index (χ3v) is 6.73. The Morgan fingerprint density at radius 2 is 1.49 bits per heavy atom. The molecule has 0 radical (unpaired) electrons. The first kappa shape index (κ1) is 28.5. The number of rotatable bonds is 4. The number of benzene rings is 2. The topological polar surface area (TPSA) is 104 Å². The zero-order chi connectivity index (χ0) is 28.0. The molecular formula is C32H32ClNO5. The van der Waals surface area contributed by atoms with Gasteiger partial charge in [-0.25, -0.2) is 23.2 Å². The van der Waals surface area contributed by atoms with Crippen LogP contribution in [-0.2, 0) is 11.2 Å². The van der Waals surface area contributed by atoms with E-state index in [0.717, 1.165) is 42.8 Å². The fraction of sp³-hybridized carbons (Fsp3) is 0.219. The molecule has 202 valence electrons. The first-order valence-corrected chi connectivity index (χ1v) is 14.1. The van der Waals surface area contributed by atoms with Gasteiger partial charge < -0.3 is 4.74 Å². The lowest BCUT2D eigenvalue weighted by Crippen LogP contribution is -2.68. The summed E-state index contributed by atoms with van der Waals surface area (Å²) in [4.78, 5) is 0. The van der Waals surface area contributed by atoms with Gasteiger partial charge in [-0.2, -0.15) is 0 Å². The summed E-state index contributed by atoms with van der Waals surface area (Å²) in [6.45, 7) is 2.19. The molecule has 0 aromatic heterocycles. The molecule has 0 atom stereocenters. The molecule has 2 aromatic rings. The predicted octanol–water partition coefficient (Wildman–Crippen LogP) is 2.52. The Kier molecular flexibility index (Phi) is 9.17. The zero-order valence-electron chi connectivity index (χ0n) is 22.4. The molecule has 0 spiro atoms. The lowest BCUT2D eigenvalue weighted by molar-refractivity contribution is -2.00. The molecule has 1 aliphatic heterocycles. The zero-order valence-corrected chi connectivity index (χ0v) is 23.1. The van der Waals surface area contributed by atoms with Crippen LogP contribution in [0.3, 0.4) is 0 Å². The number of halogens is 1. The van der Waals surface area contributed by atoms with Crippen molar-refractivity contribution < 1.29 is 38.2 Å². The van der Waals surface area contributed by atoms with Gasteiger partial charge in [0.15, 0.2) is 5.71 Å². The second-order valence-corrected chi connectivity index (χ2v) is 10.4. The van der Waals surface area contributed by atoms with Gasteiger partial charge in [-0.1, -0.05) is 61.5 Å². The fourth-order valence-corrected chi connectivity index (χ4v) is 4.75. The third kappa shape index (κ3) is 7.76. The van der Waals surface area contributed by atoms with Crippen molar-refractivity contribution >= 4 is 17.0 Å². The maximum Gasteiger partial charge on any atom is 0.199 e. The highest BCUT2D eigenvalue weighted by atomic mass is 35.7. The summed E-state index contributed by atoms with van der Waals surface area (Å²) in [7, 11) is -0.799. The molecule has 6 nitrogen and oxygen atoms in total. The number of aryl methyl sites for hydroxylation is 1. The standard InChI is InChI=1S/C32H32NO.ClHO4/c1-4-23-13-17-26(18-14-23)31-22-30(25-9-6-5-7-10-25)29-12-8-11-27(32(29)34-31)21-24-15-19-28(20-16-24)33(2)3;2-1(3,4)5/h5-7,9-10,13-22H,4,8,11-12H2,1-3H3;(H,2,3,4,5)/q+1;/p-1. The molecule has 0 unspecified atom stereocenters. The van der Waals surface area contributed by atoms with Crippen LogP contribution in [0, 0.1) is 10.2 Å². The molecule has 5 rings (SSSR count). The Bertz CT molecular complexity index is 1390. The lowest BCUT2D eigenvalue weighted by Gasteiger charge is -2.29. The summed E-state index contributed by atoms with van der Waals surface area (Å²) < 4.78 is 42.8. The molecule has 0 saturated carbocycles. The van der Waals surface area contributed by atoms with E-state index >= 15 is 0 Å². The fourth-order valence-electron chi connectivity index (χ4n) is 4.75. The molecule has 0 bridgehead atoms. The molecule has 0 fully saturated rings. The van der Waals surface area contributed by atoms with Crippen LogP contribution >= 0.6 is 0 Å². The Labute approximate surface area is 231 Å². The van der Waals surface area contributed by atoms with E-state index in [1.54, 1.807) is 0 Å². The van der Waals surface area contributed by atoms with E-state index in [0.29, 0.717) is 0 Å². The summed E-state index contributed by atoms with van der Waals surface area (Å²) in [5.41, 5.74) is 10.0. The molecule has 0 amide bonds. The van der Waals surface area contributed by atoms with Crippen molar-refractivity contribution in [2.75, 3.05) is 14.1 Å². The van der Waals surface area contributed by atoms with E-state index in [1.807, 2.05) is 0 Å². The van der Waals surface area contributed by atoms with Crippen LogP contribution in [0.5, 0.6) is 0 Å². The molecule has 2 aliphatic carbocycles. The minimum absolute atomic E-state index is 0.927. The molecule has 0 saturated heterocycles. The van der Waals surface area contributed by atoms with Gasteiger partial charge in [0.25, 0.3) is 0 Å². The first-order chi connectivity index (χ1) is 18.6. The average Bonchev–Trinajstić information content (AvgIpc) is 2.92. The van der Waals surface area contributed by atoms with Gasteiger partial charge in [-0.3, -0.25) is 0 Å². The van der Waals surface area contributed by atoms with Gasteiger partial charge in [-0.05, 0) is 77.8 Å². The molecule has 0 N–H and O–H groups in total. The second kappa shape index (κ2) is 12.6. The van der Waals surface area contributed by atoms with Crippen LogP contribution in [0.4, 0.5) is 0 Å². The van der Waals surface area contributed by atoms with Gasteiger partial charge in [0.2, 0.25) is 0 Å². The Hall–Kier alpha value is -3.52. The van der Waals surface area contributed by atoms with Crippen molar-refractivity contribution in [1.29, 1.82) is 0 Å². The van der Waals surface area contributed by atoms with E-state index in [-0.39, 0.29) is 0 Å². The van der Waals surface area contributed by atoms with Gasteiger partial charge in [0.1, 0.15) is 25.6 Å². The Balaban J connectivity index is 0.000000648.